The number of aryl methyl sites for hydroxylation is 1. The normalized spacial score (nSPS) is 10.1. The van der Waals surface area contributed by atoms with E-state index in [2.05, 4.69) is 11.9 Å². The second-order valence-electron chi connectivity index (χ2n) is 3.11. The minimum atomic E-state index is -0.537. The van der Waals surface area contributed by atoms with Crippen LogP contribution in [0.3, 0.4) is 0 Å². The summed E-state index contributed by atoms with van der Waals surface area (Å²) in [5, 5.41) is 0.200. The van der Waals surface area contributed by atoms with Gasteiger partial charge in [-0.15, -0.1) is 0 Å². The SMILES string of the molecule is CCCCc1ccc(C(N)=O)c(Cl)n1. The van der Waals surface area contributed by atoms with Crippen LogP contribution in [-0.2, 0) is 6.42 Å². The van der Waals surface area contributed by atoms with Crippen molar-refractivity contribution >= 4 is 17.5 Å². The Morgan fingerprint density at radius 2 is 2.29 bits per heavy atom. The van der Waals surface area contributed by atoms with Gasteiger partial charge in [0.1, 0.15) is 5.15 Å². The lowest BCUT2D eigenvalue weighted by molar-refractivity contribution is 0.1000. The number of carbonyl (C=O) groups excluding carboxylic acids is 1. The number of aromatic nitrogens is 1. The summed E-state index contributed by atoms with van der Waals surface area (Å²) < 4.78 is 0. The Labute approximate surface area is 88.3 Å². The van der Waals surface area contributed by atoms with Crippen molar-refractivity contribution in [2.45, 2.75) is 26.2 Å². The molecule has 0 aliphatic heterocycles. The van der Waals surface area contributed by atoms with Gasteiger partial charge in [0.25, 0.3) is 5.91 Å². The zero-order valence-corrected chi connectivity index (χ0v) is 8.84. The van der Waals surface area contributed by atoms with E-state index in [1.54, 1.807) is 12.1 Å². The highest BCUT2D eigenvalue weighted by molar-refractivity contribution is 6.32. The molecule has 1 aromatic heterocycles. The van der Waals surface area contributed by atoms with Crippen LogP contribution in [0.5, 0.6) is 0 Å². The lowest BCUT2D eigenvalue weighted by Crippen LogP contribution is -2.12. The summed E-state index contributed by atoms with van der Waals surface area (Å²) in [6.45, 7) is 2.11. The summed E-state index contributed by atoms with van der Waals surface area (Å²) in [5.74, 6) is -0.537. The molecule has 0 aromatic carbocycles. The summed E-state index contributed by atoms with van der Waals surface area (Å²) in [4.78, 5) is 14.9. The van der Waals surface area contributed by atoms with E-state index in [0.29, 0.717) is 0 Å². The van der Waals surface area contributed by atoms with Crippen LogP contribution < -0.4 is 5.73 Å². The molecule has 0 fully saturated rings. The lowest BCUT2D eigenvalue weighted by Gasteiger charge is -2.02. The predicted molar refractivity (Wildman–Crippen MR) is 56.4 cm³/mol. The van der Waals surface area contributed by atoms with Gasteiger partial charge in [-0.2, -0.15) is 0 Å². The van der Waals surface area contributed by atoms with Gasteiger partial charge in [0.05, 0.1) is 5.56 Å². The summed E-state index contributed by atoms with van der Waals surface area (Å²) in [6.07, 6.45) is 3.06. The number of halogens is 1. The van der Waals surface area contributed by atoms with Crippen LogP contribution in [0.15, 0.2) is 12.1 Å². The van der Waals surface area contributed by atoms with Gasteiger partial charge in [-0.1, -0.05) is 24.9 Å². The number of nitrogens with two attached hydrogens (primary N) is 1. The minimum Gasteiger partial charge on any atom is -0.366 e. The van der Waals surface area contributed by atoms with Crippen molar-refractivity contribution in [3.05, 3.63) is 28.5 Å². The van der Waals surface area contributed by atoms with E-state index in [1.165, 1.54) is 0 Å². The zero-order chi connectivity index (χ0) is 10.6. The first kappa shape index (κ1) is 11.0. The van der Waals surface area contributed by atoms with E-state index >= 15 is 0 Å². The van der Waals surface area contributed by atoms with Crippen LogP contribution in [0, 0.1) is 0 Å². The molecule has 0 spiro atoms. The number of nitrogens with zero attached hydrogens (tertiary/aromatic N) is 1. The Morgan fingerprint density at radius 3 is 2.79 bits per heavy atom. The average molecular weight is 213 g/mol. The van der Waals surface area contributed by atoms with Crippen molar-refractivity contribution in [2.75, 3.05) is 0 Å². The largest absolute Gasteiger partial charge is 0.366 e. The molecule has 0 atom stereocenters. The third-order valence-corrected chi connectivity index (χ3v) is 2.25. The summed E-state index contributed by atoms with van der Waals surface area (Å²) in [6, 6.07) is 3.42. The van der Waals surface area contributed by atoms with Crippen molar-refractivity contribution in [1.82, 2.24) is 4.98 Å². The minimum absolute atomic E-state index is 0.200. The van der Waals surface area contributed by atoms with E-state index in [0.717, 1.165) is 25.0 Å². The Balaban J connectivity index is 2.83. The first-order chi connectivity index (χ1) is 6.65. The molecule has 3 nitrogen and oxygen atoms in total. The fraction of sp³-hybridized carbons (Fsp3) is 0.400. The summed E-state index contributed by atoms with van der Waals surface area (Å²) in [5.41, 5.74) is 6.29. The number of pyridine rings is 1. The van der Waals surface area contributed by atoms with Gasteiger partial charge in [-0.05, 0) is 25.0 Å². The molecule has 4 heteroatoms. The number of primary amides is 1. The van der Waals surface area contributed by atoms with Gasteiger partial charge in [0.15, 0.2) is 0 Å². The highest BCUT2D eigenvalue weighted by Gasteiger charge is 2.07. The molecule has 1 amide bonds. The summed E-state index contributed by atoms with van der Waals surface area (Å²) >= 11 is 5.79. The molecule has 0 radical (unpaired) electrons. The summed E-state index contributed by atoms with van der Waals surface area (Å²) in [7, 11) is 0. The van der Waals surface area contributed by atoms with E-state index in [1.807, 2.05) is 0 Å². The van der Waals surface area contributed by atoms with Gasteiger partial charge in [0, 0.05) is 5.69 Å². The zero-order valence-electron chi connectivity index (χ0n) is 8.09. The molecule has 76 valence electrons. The maximum atomic E-state index is 10.8. The number of unbranched alkanes of at least 4 members (excludes halogenated alkanes) is 1. The third kappa shape index (κ3) is 2.70. The lowest BCUT2D eigenvalue weighted by atomic mass is 10.1. The monoisotopic (exact) mass is 212 g/mol. The number of hydrogen-bond donors (Lipinski definition) is 1. The Kier molecular flexibility index (Phi) is 3.89. The molecule has 2 N–H and O–H groups in total. The van der Waals surface area contributed by atoms with Crippen molar-refractivity contribution < 1.29 is 4.79 Å². The van der Waals surface area contributed by atoms with Gasteiger partial charge in [-0.3, -0.25) is 4.79 Å². The van der Waals surface area contributed by atoms with Crippen molar-refractivity contribution in [1.29, 1.82) is 0 Å². The van der Waals surface area contributed by atoms with E-state index < -0.39 is 5.91 Å². The first-order valence-corrected chi connectivity index (χ1v) is 4.98. The second-order valence-corrected chi connectivity index (χ2v) is 3.47. The van der Waals surface area contributed by atoms with E-state index in [9.17, 15) is 4.79 Å². The molecular weight excluding hydrogens is 200 g/mol. The van der Waals surface area contributed by atoms with E-state index in [-0.39, 0.29) is 10.7 Å². The predicted octanol–water partition coefficient (Wildman–Crippen LogP) is 2.18. The fourth-order valence-electron chi connectivity index (χ4n) is 1.15. The van der Waals surface area contributed by atoms with Crippen LogP contribution in [0.25, 0.3) is 0 Å². The Bertz CT molecular complexity index is 339. The highest BCUT2D eigenvalue weighted by atomic mass is 35.5. The number of amides is 1. The molecule has 14 heavy (non-hydrogen) atoms. The Morgan fingerprint density at radius 1 is 1.57 bits per heavy atom. The van der Waals surface area contributed by atoms with Crippen molar-refractivity contribution in [3.8, 4) is 0 Å². The van der Waals surface area contributed by atoms with Crippen molar-refractivity contribution in [3.63, 3.8) is 0 Å². The molecule has 1 aromatic rings. The van der Waals surface area contributed by atoms with Crippen LogP contribution in [-0.4, -0.2) is 10.9 Å². The molecule has 0 saturated carbocycles. The van der Waals surface area contributed by atoms with Crippen molar-refractivity contribution in [2.24, 2.45) is 5.73 Å². The maximum absolute atomic E-state index is 10.8. The standard InChI is InChI=1S/C10H13ClN2O/c1-2-3-4-7-5-6-8(10(12)14)9(11)13-7/h5-6H,2-4H2,1H3,(H2,12,14). The third-order valence-electron chi connectivity index (χ3n) is 1.96. The van der Waals surface area contributed by atoms with E-state index in [4.69, 9.17) is 17.3 Å². The molecule has 1 rings (SSSR count). The highest BCUT2D eigenvalue weighted by Crippen LogP contribution is 2.14. The molecule has 0 saturated heterocycles. The van der Waals surface area contributed by atoms with Gasteiger partial charge >= 0.3 is 0 Å². The van der Waals surface area contributed by atoms with Crippen LogP contribution in [0.1, 0.15) is 35.8 Å². The van der Waals surface area contributed by atoms with Gasteiger partial charge < -0.3 is 5.73 Å². The maximum Gasteiger partial charge on any atom is 0.251 e. The molecule has 0 unspecified atom stereocenters. The quantitative estimate of drug-likeness (QED) is 0.778. The molecular formula is C10H13ClN2O. The van der Waals surface area contributed by atoms with Crippen LogP contribution in [0.4, 0.5) is 0 Å². The molecule has 0 bridgehead atoms. The average Bonchev–Trinajstić information content (AvgIpc) is 2.14. The van der Waals surface area contributed by atoms with Gasteiger partial charge in [0.2, 0.25) is 0 Å². The fourth-order valence-corrected chi connectivity index (χ4v) is 1.42. The Hall–Kier alpha value is -1.09. The number of rotatable bonds is 4. The first-order valence-electron chi connectivity index (χ1n) is 4.60. The smallest absolute Gasteiger partial charge is 0.251 e. The number of hydrogen-bond acceptors (Lipinski definition) is 2. The van der Waals surface area contributed by atoms with Crippen LogP contribution >= 0.6 is 11.6 Å². The molecule has 1 heterocycles. The number of carbonyl (C=O) groups is 1. The van der Waals surface area contributed by atoms with Crippen LogP contribution in [0.2, 0.25) is 5.15 Å². The molecule has 0 aliphatic carbocycles. The molecule has 0 aliphatic rings. The second kappa shape index (κ2) is 4.96. The topological polar surface area (TPSA) is 56.0 Å². The van der Waals surface area contributed by atoms with Gasteiger partial charge in [-0.25, -0.2) is 4.98 Å².